The van der Waals surface area contributed by atoms with Crippen molar-refractivity contribution in [3.05, 3.63) is 521 Å². The summed E-state index contributed by atoms with van der Waals surface area (Å²) in [4.78, 5) is 18.1. The molecule has 8 nitrogen and oxygen atoms in total. The van der Waals surface area contributed by atoms with Crippen molar-refractivity contribution in [2.75, 3.05) is 67.4 Å². The monoisotopic (exact) mass is 1700 g/mol. The summed E-state index contributed by atoms with van der Waals surface area (Å²) in [5.41, 5.74) is 25.6. The van der Waals surface area contributed by atoms with E-state index in [2.05, 4.69) is 567 Å². The van der Waals surface area contributed by atoms with Gasteiger partial charge in [-0.05, 0) is 304 Å². The fourth-order valence-corrected chi connectivity index (χ4v) is 18.1. The maximum Gasteiger partial charge on any atom is 0.0494 e. The molecule has 0 aromatic heterocycles. The molecule has 132 heavy (non-hydrogen) atoms. The molecule has 0 fully saturated rings. The Morgan fingerprint density at radius 1 is 0.129 bits per heavy atom. The molecule has 0 saturated heterocycles. The Morgan fingerprint density at radius 3 is 0.742 bits per heavy atom. The van der Waals surface area contributed by atoms with Crippen LogP contribution in [0.3, 0.4) is 0 Å². The first kappa shape index (κ1) is 84.5. The van der Waals surface area contributed by atoms with Crippen molar-refractivity contribution < 1.29 is 0 Å². The summed E-state index contributed by atoms with van der Waals surface area (Å²) in [6.45, 7) is 4.23. The molecule has 0 saturated carbocycles. The zero-order valence-corrected chi connectivity index (χ0v) is 75.1. The predicted octanol–water partition coefficient (Wildman–Crippen LogP) is 34.7. The van der Waals surface area contributed by atoms with Crippen LogP contribution >= 0.6 is 0 Å². The Hall–Kier alpha value is -16.9. The number of nitrogens with zero attached hydrogens (tertiary/aromatic N) is 8. The van der Waals surface area contributed by atoms with E-state index in [0.29, 0.717) is 0 Å². The Balaban J connectivity index is 0.000000115. The first-order valence-electron chi connectivity index (χ1n) is 45.1. The Labute approximate surface area is 775 Å². The zero-order valence-electron chi connectivity index (χ0n) is 75.1. The van der Waals surface area contributed by atoms with Gasteiger partial charge in [0, 0.05) is 153 Å². The second kappa shape index (κ2) is 39.1. The van der Waals surface area contributed by atoms with Crippen molar-refractivity contribution >= 4 is 178 Å². The van der Waals surface area contributed by atoms with Crippen molar-refractivity contribution in [3.8, 4) is 0 Å². The lowest BCUT2D eigenvalue weighted by atomic mass is 9.89. The molecule has 0 aliphatic rings. The van der Waals surface area contributed by atoms with E-state index in [0.717, 1.165) is 91.0 Å². The van der Waals surface area contributed by atoms with Crippen LogP contribution in [0, 0.1) is 13.8 Å². The quantitative estimate of drug-likeness (QED) is 0.0550. The number of para-hydroxylation sites is 8. The van der Waals surface area contributed by atoms with Crippen molar-refractivity contribution in [2.24, 2.45) is 0 Å². The van der Waals surface area contributed by atoms with Gasteiger partial charge in [0.15, 0.2) is 0 Å². The fraction of sp³-hybridized carbons (Fsp3) is 0.0484. The number of hydrogen-bond donors (Lipinski definition) is 0. The molecule has 0 aliphatic heterocycles. The van der Waals surface area contributed by atoms with E-state index in [1.54, 1.807) is 0 Å². The number of benzene rings is 22. The molecule has 0 bridgehead atoms. The molecular weight excluding hydrogens is 1600 g/mol. The van der Waals surface area contributed by atoms with Crippen molar-refractivity contribution in [1.82, 2.24) is 0 Å². The molecule has 0 amide bonds. The number of hydrogen-bond acceptors (Lipinski definition) is 8. The predicted molar refractivity (Wildman–Crippen MR) is 568 cm³/mol. The van der Waals surface area contributed by atoms with E-state index in [1.165, 1.54) is 98.5 Å². The highest BCUT2D eigenvalue weighted by atomic mass is 15.2. The minimum Gasteiger partial charge on any atom is -0.345 e. The molecule has 0 spiro atoms. The third kappa shape index (κ3) is 18.1. The van der Waals surface area contributed by atoms with Crippen LogP contribution in [0.25, 0.3) is 64.6 Å². The topological polar surface area (TPSA) is 25.9 Å². The van der Waals surface area contributed by atoms with Crippen LogP contribution in [0.1, 0.15) is 11.1 Å². The van der Waals surface area contributed by atoms with Gasteiger partial charge in [-0.3, -0.25) is 0 Å². The van der Waals surface area contributed by atoms with E-state index in [-0.39, 0.29) is 0 Å². The summed E-state index contributed by atoms with van der Waals surface area (Å²) >= 11 is 0. The van der Waals surface area contributed by atoms with Crippen molar-refractivity contribution in [1.29, 1.82) is 0 Å². The highest BCUT2D eigenvalue weighted by molar-refractivity contribution is 6.34. The van der Waals surface area contributed by atoms with E-state index in [1.807, 2.05) is 24.3 Å². The van der Waals surface area contributed by atoms with Crippen LogP contribution in [0.5, 0.6) is 0 Å². The van der Waals surface area contributed by atoms with E-state index < -0.39 is 0 Å². The largest absolute Gasteiger partial charge is 0.345 e. The second-order valence-electron chi connectivity index (χ2n) is 33.2. The van der Waals surface area contributed by atoms with Gasteiger partial charge in [0.1, 0.15) is 0 Å². The minimum absolute atomic E-state index is 1.13. The zero-order chi connectivity index (χ0) is 89.6. The second-order valence-corrected chi connectivity index (χ2v) is 33.2. The average molecular weight is 1700 g/mol. The fourth-order valence-electron chi connectivity index (χ4n) is 18.1. The Kier molecular flexibility index (Phi) is 25.1. The lowest BCUT2D eigenvalue weighted by molar-refractivity contribution is 1.20. The van der Waals surface area contributed by atoms with E-state index >= 15 is 0 Å². The molecule has 22 rings (SSSR count). The smallest absolute Gasteiger partial charge is 0.0494 e. The molecule has 638 valence electrons. The van der Waals surface area contributed by atoms with Gasteiger partial charge in [0.25, 0.3) is 0 Å². The maximum atomic E-state index is 2.31. The molecular formula is C124H102N8. The summed E-state index contributed by atoms with van der Waals surface area (Å²) in [5, 5.41) is 15.6. The summed E-state index contributed by atoms with van der Waals surface area (Å²) in [5.74, 6) is 0. The lowest BCUT2D eigenvalue weighted by Gasteiger charge is -2.27. The summed E-state index contributed by atoms with van der Waals surface area (Å²) in [7, 11) is 8.53. The molecule has 22 aromatic carbocycles. The SMILES string of the molecule is CN(c1ccc(N(c2ccccc2)c2ccccc2)cc1)c1cc2ccccc2c2ccccc12.CN(c1ccc(N(c2ccccc2)c2ccccc2)cc1)c1ccc2c3cccc4cccc(c5cccc1c52)c43.Cc1ccc(N(C)c2ccc(N(c3ccccc3)c3ccccc3)cc2)cc1.Cc1cccc(N(C)c2ccc(N(c3ccccc3)c3ccccc3)cc2)c1. The minimum atomic E-state index is 1.13. The summed E-state index contributed by atoms with van der Waals surface area (Å²) in [6, 6.07) is 181. The van der Waals surface area contributed by atoms with Crippen LogP contribution in [0.2, 0.25) is 0 Å². The molecule has 0 aliphatic carbocycles. The van der Waals surface area contributed by atoms with Crippen LogP contribution in [0.4, 0.5) is 114 Å². The normalized spacial score (nSPS) is 11.0. The average Bonchev–Trinajstić information content (AvgIpc) is 0.715. The lowest BCUT2D eigenvalue weighted by Crippen LogP contribution is -2.12. The molecule has 22 aromatic rings. The number of fused-ring (bicyclic) bond motifs is 5. The molecule has 0 N–H and O–H groups in total. The van der Waals surface area contributed by atoms with E-state index in [9.17, 15) is 0 Å². The first-order chi connectivity index (χ1) is 65.0. The van der Waals surface area contributed by atoms with Gasteiger partial charge in [-0.2, -0.15) is 0 Å². The highest BCUT2D eigenvalue weighted by Crippen LogP contribution is 2.47. The Morgan fingerprint density at radius 2 is 0.371 bits per heavy atom. The van der Waals surface area contributed by atoms with Crippen molar-refractivity contribution in [3.63, 3.8) is 0 Å². The van der Waals surface area contributed by atoms with Crippen LogP contribution < -0.4 is 39.2 Å². The number of anilines is 20. The first-order valence-corrected chi connectivity index (χ1v) is 45.1. The van der Waals surface area contributed by atoms with Gasteiger partial charge in [0.2, 0.25) is 0 Å². The van der Waals surface area contributed by atoms with Crippen molar-refractivity contribution in [2.45, 2.75) is 13.8 Å². The Bertz CT molecular complexity index is 7340. The van der Waals surface area contributed by atoms with Gasteiger partial charge >= 0.3 is 0 Å². The van der Waals surface area contributed by atoms with Gasteiger partial charge < -0.3 is 39.2 Å². The van der Waals surface area contributed by atoms with Gasteiger partial charge in [-0.1, -0.05) is 285 Å². The van der Waals surface area contributed by atoms with Crippen LogP contribution in [-0.2, 0) is 0 Å². The molecule has 0 heterocycles. The standard InChI is InChI=1S/C39H28N2.C33H26N2.2C26H24N2/c1-40(28-21-23-31(24-22-28)41(29-13-4-2-5-14-29)30-15-6-3-7-16-30)37-26-25-35-33-18-9-12-27-11-8-17-32(38(27)33)34-19-10-20-36(37)39(34)35;1-34(33-24-25-12-8-9-17-30(25)31-18-10-11-19-32(31)33)26-20-22-29(23-21-26)35(27-13-4-2-5-14-27)28-15-6-3-7-16-28;1-21-10-9-15-26(20-21)27(2)22-16-18-25(19-17-22)28(23-11-5-3-6-12-23)24-13-7-4-8-14-24;1-21-13-15-22(16-14-21)27(2)23-17-19-26(20-18-23)28(24-9-5-3-6-10-24)25-11-7-4-8-12-25/h2-26H,1H3;2-24H,1H3;2*3-20H,1-2H3. The van der Waals surface area contributed by atoms with Gasteiger partial charge in [0.05, 0.1) is 0 Å². The number of rotatable bonds is 20. The third-order valence-electron chi connectivity index (χ3n) is 24.9. The molecule has 0 atom stereocenters. The van der Waals surface area contributed by atoms with Gasteiger partial charge in [-0.25, -0.2) is 0 Å². The number of aryl methyl sites for hydroxylation is 2. The molecule has 0 radical (unpaired) electrons. The van der Waals surface area contributed by atoms with Gasteiger partial charge in [-0.15, -0.1) is 0 Å². The van der Waals surface area contributed by atoms with E-state index in [4.69, 9.17) is 0 Å². The third-order valence-corrected chi connectivity index (χ3v) is 24.9. The highest BCUT2D eigenvalue weighted by Gasteiger charge is 2.22. The summed E-state index contributed by atoms with van der Waals surface area (Å²) in [6.07, 6.45) is 0. The molecule has 8 heteroatoms. The van der Waals surface area contributed by atoms with Crippen LogP contribution in [-0.4, -0.2) is 28.2 Å². The summed E-state index contributed by atoms with van der Waals surface area (Å²) < 4.78 is 0. The van der Waals surface area contributed by atoms with Crippen LogP contribution in [0.15, 0.2) is 510 Å². The maximum absolute atomic E-state index is 2.31. The molecule has 0 unspecified atom stereocenters.